The van der Waals surface area contributed by atoms with Gasteiger partial charge in [0.1, 0.15) is 0 Å². The summed E-state index contributed by atoms with van der Waals surface area (Å²) < 4.78 is 1.68. The number of aryl methyl sites for hydroxylation is 2. The first kappa shape index (κ1) is 18.5. The van der Waals surface area contributed by atoms with E-state index in [4.69, 9.17) is 11.6 Å². The quantitative estimate of drug-likeness (QED) is 0.725. The molecule has 3 aromatic rings. The molecule has 0 atom stereocenters. The minimum atomic E-state index is -0.391. The summed E-state index contributed by atoms with van der Waals surface area (Å²) in [7, 11) is 0. The van der Waals surface area contributed by atoms with Gasteiger partial charge in [0.05, 0.1) is 16.2 Å². The Morgan fingerprint density at radius 2 is 1.89 bits per heavy atom. The van der Waals surface area contributed by atoms with E-state index >= 15 is 0 Å². The molecular formula is C21H21ClN4O2. The van der Waals surface area contributed by atoms with Gasteiger partial charge in [-0.15, -0.1) is 0 Å². The number of likely N-dealkylation sites (tertiary alicyclic amines) is 1. The molecule has 0 unspecified atom stereocenters. The first-order chi connectivity index (χ1) is 13.5. The Morgan fingerprint density at radius 3 is 2.61 bits per heavy atom. The Bertz CT molecular complexity index is 1060. The number of fused-ring (bicyclic) bond motifs is 1. The van der Waals surface area contributed by atoms with Crippen LogP contribution in [-0.2, 0) is 0 Å². The number of halogens is 1. The molecule has 0 spiro atoms. The Labute approximate surface area is 168 Å². The van der Waals surface area contributed by atoms with Gasteiger partial charge in [-0.1, -0.05) is 23.7 Å². The van der Waals surface area contributed by atoms with Crippen molar-refractivity contribution >= 4 is 34.6 Å². The molecule has 4 rings (SSSR count). The number of imidazole rings is 1. The maximum Gasteiger partial charge on any atom is 0.290 e. The number of benzene rings is 1. The molecule has 1 aliphatic rings. The highest BCUT2D eigenvalue weighted by atomic mass is 35.5. The van der Waals surface area contributed by atoms with Gasteiger partial charge in [-0.3, -0.25) is 14.0 Å². The summed E-state index contributed by atoms with van der Waals surface area (Å²) in [6.07, 6.45) is 3.74. The van der Waals surface area contributed by atoms with Crippen LogP contribution < -0.4 is 5.32 Å². The van der Waals surface area contributed by atoms with Crippen LogP contribution in [0, 0.1) is 13.8 Å². The number of aromatic nitrogens is 2. The molecule has 0 aliphatic carbocycles. The Hall–Kier alpha value is -2.86. The lowest BCUT2D eigenvalue weighted by Crippen LogP contribution is -2.29. The first-order valence-electron chi connectivity index (χ1n) is 9.30. The van der Waals surface area contributed by atoms with Gasteiger partial charge < -0.3 is 10.2 Å². The summed E-state index contributed by atoms with van der Waals surface area (Å²) in [6.45, 7) is 5.28. The summed E-state index contributed by atoms with van der Waals surface area (Å²) >= 11 is 6.33. The van der Waals surface area contributed by atoms with Crippen LogP contribution in [0.4, 0.5) is 5.69 Å². The van der Waals surface area contributed by atoms with Crippen LogP contribution in [0.15, 0.2) is 36.5 Å². The van der Waals surface area contributed by atoms with Crippen LogP contribution >= 0.6 is 11.6 Å². The van der Waals surface area contributed by atoms with Crippen molar-refractivity contribution in [2.75, 3.05) is 18.4 Å². The molecule has 1 aromatic carbocycles. The van der Waals surface area contributed by atoms with Crippen LogP contribution in [0.1, 0.15) is 45.1 Å². The molecule has 1 aliphatic heterocycles. The fraction of sp³-hybridized carbons (Fsp3) is 0.286. The van der Waals surface area contributed by atoms with Crippen LogP contribution in [0.25, 0.3) is 5.52 Å². The monoisotopic (exact) mass is 396 g/mol. The Balaban J connectivity index is 1.73. The lowest BCUT2D eigenvalue weighted by Gasteiger charge is -2.13. The minimum Gasteiger partial charge on any atom is -0.336 e. The van der Waals surface area contributed by atoms with Gasteiger partial charge >= 0.3 is 0 Å². The van der Waals surface area contributed by atoms with E-state index in [1.54, 1.807) is 27.6 Å². The van der Waals surface area contributed by atoms with Crippen molar-refractivity contribution in [1.29, 1.82) is 0 Å². The summed E-state index contributed by atoms with van der Waals surface area (Å²) in [6, 6.07) is 9.18. The fourth-order valence-corrected chi connectivity index (χ4v) is 4.03. The highest BCUT2D eigenvalue weighted by Gasteiger charge is 2.27. The van der Waals surface area contributed by atoms with Crippen LogP contribution in [0.3, 0.4) is 0 Å². The molecular weight excluding hydrogens is 376 g/mol. The van der Waals surface area contributed by atoms with Gasteiger partial charge in [0.2, 0.25) is 5.82 Å². The number of nitrogens with zero attached hydrogens (tertiary/aromatic N) is 3. The SMILES string of the molecule is Cc1cc(C)c(NC(=O)c2nc(C(=O)N3CCCC3)n3ccccc23)c(Cl)c1. The number of nitrogens with one attached hydrogen (secondary N) is 1. The predicted octanol–water partition coefficient (Wildman–Crippen LogP) is 4.09. The average molecular weight is 397 g/mol. The summed E-state index contributed by atoms with van der Waals surface area (Å²) in [4.78, 5) is 32.1. The van der Waals surface area contributed by atoms with E-state index in [2.05, 4.69) is 10.3 Å². The van der Waals surface area contributed by atoms with Crippen molar-refractivity contribution in [3.8, 4) is 0 Å². The third-order valence-electron chi connectivity index (χ3n) is 5.02. The van der Waals surface area contributed by atoms with Crippen LogP contribution in [0.2, 0.25) is 5.02 Å². The lowest BCUT2D eigenvalue weighted by molar-refractivity contribution is 0.0780. The van der Waals surface area contributed by atoms with Crippen LogP contribution in [-0.4, -0.2) is 39.2 Å². The highest BCUT2D eigenvalue weighted by molar-refractivity contribution is 6.34. The molecule has 1 saturated heterocycles. The second kappa shape index (κ2) is 7.28. The van der Waals surface area contributed by atoms with Crippen molar-refractivity contribution in [2.45, 2.75) is 26.7 Å². The van der Waals surface area contributed by atoms with Gasteiger partial charge in [0.15, 0.2) is 5.69 Å². The predicted molar refractivity (Wildman–Crippen MR) is 109 cm³/mol. The molecule has 2 amide bonds. The van der Waals surface area contributed by atoms with Gasteiger partial charge in [-0.2, -0.15) is 0 Å². The molecule has 3 heterocycles. The molecule has 1 N–H and O–H groups in total. The number of amides is 2. The van der Waals surface area contributed by atoms with Crippen molar-refractivity contribution in [3.63, 3.8) is 0 Å². The smallest absolute Gasteiger partial charge is 0.290 e. The lowest BCUT2D eigenvalue weighted by atomic mass is 10.1. The van der Waals surface area contributed by atoms with E-state index in [9.17, 15) is 9.59 Å². The largest absolute Gasteiger partial charge is 0.336 e. The number of rotatable bonds is 3. The van der Waals surface area contributed by atoms with E-state index in [1.807, 2.05) is 32.0 Å². The zero-order chi connectivity index (χ0) is 19.8. The zero-order valence-corrected chi connectivity index (χ0v) is 16.6. The number of hydrogen-bond donors (Lipinski definition) is 1. The number of carbonyl (C=O) groups excluding carboxylic acids is 2. The molecule has 0 saturated carbocycles. The summed E-state index contributed by atoms with van der Waals surface area (Å²) in [5, 5.41) is 3.34. The second-order valence-electron chi connectivity index (χ2n) is 7.13. The number of hydrogen-bond acceptors (Lipinski definition) is 3. The zero-order valence-electron chi connectivity index (χ0n) is 15.8. The molecule has 28 heavy (non-hydrogen) atoms. The normalized spacial score (nSPS) is 13.9. The molecule has 2 aromatic heterocycles. The molecule has 144 valence electrons. The number of carbonyl (C=O) groups is 2. The molecule has 7 heteroatoms. The Kier molecular flexibility index (Phi) is 4.81. The molecule has 0 radical (unpaired) electrons. The maximum atomic E-state index is 13.0. The van der Waals surface area contributed by atoms with E-state index in [1.165, 1.54) is 0 Å². The molecule has 1 fully saturated rings. The van der Waals surface area contributed by atoms with E-state index in [0.29, 0.717) is 16.2 Å². The second-order valence-corrected chi connectivity index (χ2v) is 7.54. The molecule has 6 nitrogen and oxygen atoms in total. The van der Waals surface area contributed by atoms with Gasteiger partial charge in [0.25, 0.3) is 11.8 Å². The van der Waals surface area contributed by atoms with Crippen molar-refractivity contribution < 1.29 is 9.59 Å². The van der Waals surface area contributed by atoms with E-state index in [0.717, 1.165) is 37.1 Å². The van der Waals surface area contributed by atoms with Crippen molar-refractivity contribution in [3.05, 3.63) is 64.2 Å². The van der Waals surface area contributed by atoms with E-state index in [-0.39, 0.29) is 17.4 Å². The third kappa shape index (κ3) is 3.24. The average Bonchev–Trinajstić information content (AvgIpc) is 3.32. The Morgan fingerprint density at radius 1 is 1.14 bits per heavy atom. The minimum absolute atomic E-state index is 0.151. The van der Waals surface area contributed by atoms with Crippen molar-refractivity contribution in [2.24, 2.45) is 0 Å². The van der Waals surface area contributed by atoms with Crippen LogP contribution in [0.5, 0.6) is 0 Å². The number of anilines is 1. The van der Waals surface area contributed by atoms with E-state index < -0.39 is 5.91 Å². The van der Waals surface area contributed by atoms with Gasteiger partial charge in [-0.05, 0) is 56.0 Å². The highest BCUT2D eigenvalue weighted by Crippen LogP contribution is 2.28. The first-order valence-corrected chi connectivity index (χ1v) is 9.68. The summed E-state index contributed by atoms with van der Waals surface area (Å²) in [5.41, 5.74) is 3.24. The number of pyridine rings is 1. The standard InChI is InChI=1S/C21H21ClN4O2/c1-13-11-14(2)17(15(22)12-13)24-20(27)18-16-7-3-4-10-26(16)19(23-18)21(28)25-8-5-6-9-25/h3-4,7,10-12H,5-6,8-9H2,1-2H3,(H,24,27). The fourth-order valence-electron chi connectivity index (χ4n) is 3.66. The van der Waals surface area contributed by atoms with Gasteiger partial charge in [-0.25, -0.2) is 4.98 Å². The third-order valence-corrected chi connectivity index (χ3v) is 5.32. The van der Waals surface area contributed by atoms with Gasteiger partial charge in [0, 0.05) is 19.3 Å². The van der Waals surface area contributed by atoms with Crippen molar-refractivity contribution in [1.82, 2.24) is 14.3 Å². The molecule has 0 bridgehead atoms. The maximum absolute atomic E-state index is 13.0. The summed E-state index contributed by atoms with van der Waals surface area (Å²) in [5.74, 6) is -0.283. The topological polar surface area (TPSA) is 66.7 Å².